The molecule has 154 valence electrons. The van der Waals surface area contributed by atoms with E-state index in [1.54, 1.807) is 34.8 Å². The third-order valence-electron chi connectivity index (χ3n) is 4.19. The summed E-state index contributed by atoms with van der Waals surface area (Å²) < 4.78 is 15.7. The molecule has 1 amide bonds. The van der Waals surface area contributed by atoms with Crippen LogP contribution in [-0.2, 0) is 20.7 Å². The van der Waals surface area contributed by atoms with Gasteiger partial charge < -0.3 is 24.4 Å². The van der Waals surface area contributed by atoms with Crippen LogP contribution in [0.1, 0.15) is 39.7 Å². The number of hydrogen-bond acceptors (Lipinski definition) is 6. The highest BCUT2D eigenvalue weighted by Gasteiger charge is 2.28. The van der Waals surface area contributed by atoms with Crippen molar-refractivity contribution in [2.45, 2.75) is 52.2 Å². The predicted molar refractivity (Wildman–Crippen MR) is 108 cm³/mol. The number of alkyl carbamates (subject to hydrolysis) is 1. The molecular weight excluding hydrogens is 360 g/mol. The predicted octanol–water partition coefficient (Wildman–Crippen LogP) is 3.42. The van der Waals surface area contributed by atoms with Crippen molar-refractivity contribution in [2.24, 2.45) is 0 Å². The van der Waals surface area contributed by atoms with Crippen molar-refractivity contribution in [1.29, 1.82) is 0 Å². The molecule has 1 aliphatic heterocycles. The lowest BCUT2D eigenvalue weighted by atomic mass is 9.95. The van der Waals surface area contributed by atoms with Gasteiger partial charge in [-0.25, -0.2) is 9.59 Å². The molecule has 0 fully saturated rings. The summed E-state index contributed by atoms with van der Waals surface area (Å²) in [6, 6.07) is 5.09. The smallest absolute Gasteiger partial charge is 0.408 e. The maximum atomic E-state index is 12.4. The van der Waals surface area contributed by atoms with Crippen molar-refractivity contribution >= 4 is 17.7 Å². The van der Waals surface area contributed by atoms with Crippen molar-refractivity contribution in [1.82, 2.24) is 5.32 Å². The van der Waals surface area contributed by atoms with Crippen LogP contribution in [0.2, 0.25) is 0 Å². The number of methoxy groups -OCH3 is 1. The van der Waals surface area contributed by atoms with Gasteiger partial charge in [0.1, 0.15) is 17.4 Å². The monoisotopic (exact) mass is 390 g/mol. The van der Waals surface area contributed by atoms with E-state index in [1.165, 1.54) is 0 Å². The van der Waals surface area contributed by atoms with Crippen molar-refractivity contribution in [3.63, 3.8) is 0 Å². The number of esters is 1. The standard InChI is InChI=1S/C21H30N2O5/c1-7-27-19(24)17(22-20(25)28-21(2,3)4)11-14-10-15-12-16(26-6)8-9-18(15)23(5)13-14/h8-9,12-13,17H,7,10-11H2,1-6H3,(H,22,25)/t17-/m0/s1. The van der Waals surface area contributed by atoms with Crippen molar-refractivity contribution in [3.8, 4) is 5.75 Å². The topological polar surface area (TPSA) is 77.1 Å². The number of fused-ring (bicyclic) bond motifs is 1. The van der Waals surface area contributed by atoms with Crippen LogP contribution in [0.3, 0.4) is 0 Å². The number of nitrogens with one attached hydrogen (secondary N) is 1. The Hall–Kier alpha value is -2.70. The van der Waals surface area contributed by atoms with Crippen LogP contribution in [0.15, 0.2) is 30.0 Å². The minimum Gasteiger partial charge on any atom is -0.497 e. The second kappa shape index (κ2) is 8.99. The first kappa shape index (κ1) is 21.6. The molecule has 2 rings (SSSR count). The summed E-state index contributed by atoms with van der Waals surface area (Å²) in [5, 5.41) is 2.65. The second-order valence-electron chi connectivity index (χ2n) is 7.72. The van der Waals surface area contributed by atoms with E-state index in [0.29, 0.717) is 12.8 Å². The molecule has 1 N–H and O–H groups in total. The highest BCUT2D eigenvalue weighted by atomic mass is 16.6. The molecule has 0 aliphatic carbocycles. The van der Waals surface area contributed by atoms with Gasteiger partial charge in [0.2, 0.25) is 0 Å². The van der Waals surface area contributed by atoms with E-state index in [1.807, 2.05) is 36.3 Å². The first-order valence-electron chi connectivity index (χ1n) is 9.38. The first-order chi connectivity index (χ1) is 13.1. The third kappa shape index (κ3) is 5.90. The van der Waals surface area contributed by atoms with E-state index in [9.17, 15) is 9.59 Å². The van der Waals surface area contributed by atoms with Gasteiger partial charge in [0, 0.05) is 25.4 Å². The summed E-state index contributed by atoms with van der Waals surface area (Å²) in [6.45, 7) is 7.29. The zero-order valence-corrected chi connectivity index (χ0v) is 17.5. The number of anilines is 1. The van der Waals surface area contributed by atoms with E-state index in [2.05, 4.69) is 5.32 Å². The number of ether oxygens (including phenoxy) is 3. The molecule has 1 aromatic rings. The second-order valence-corrected chi connectivity index (χ2v) is 7.72. The van der Waals surface area contributed by atoms with Gasteiger partial charge in [0.05, 0.1) is 13.7 Å². The maximum Gasteiger partial charge on any atom is 0.408 e. The fourth-order valence-electron chi connectivity index (χ4n) is 3.08. The molecule has 1 aromatic carbocycles. The van der Waals surface area contributed by atoms with E-state index >= 15 is 0 Å². The number of benzene rings is 1. The van der Waals surface area contributed by atoms with Gasteiger partial charge in [-0.2, -0.15) is 0 Å². The summed E-state index contributed by atoms with van der Waals surface area (Å²) in [4.78, 5) is 26.6. The molecule has 0 saturated carbocycles. The Morgan fingerprint density at radius 2 is 2.00 bits per heavy atom. The Morgan fingerprint density at radius 1 is 1.29 bits per heavy atom. The number of carbonyl (C=O) groups is 2. The lowest BCUT2D eigenvalue weighted by molar-refractivity contribution is -0.145. The number of carbonyl (C=O) groups excluding carboxylic acids is 2. The average molecular weight is 390 g/mol. The van der Waals surface area contributed by atoms with Gasteiger partial charge in [-0.1, -0.05) is 0 Å². The molecule has 0 radical (unpaired) electrons. The van der Waals surface area contributed by atoms with E-state index in [-0.39, 0.29) is 6.61 Å². The summed E-state index contributed by atoms with van der Waals surface area (Å²) in [6.07, 6.45) is 2.33. The van der Waals surface area contributed by atoms with Crippen molar-refractivity contribution in [2.75, 3.05) is 25.7 Å². The van der Waals surface area contributed by atoms with Gasteiger partial charge in [0.15, 0.2) is 0 Å². The Bertz CT molecular complexity index is 752. The number of rotatable bonds is 6. The summed E-state index contributed by atoms with van der Waals surface area (Å²) in [7, 11) is 3.58. The average Bonchev–Trinajstić information content (AvgIpc) is 2.59. The zero-order chi connectivity index (χ0) is 20.9. The van der Waals surface area contributed by atoms with E-state index < -0.39 is 23.7 Å². The molecule has 7 nitrogen and oxygen atoms in total. The molecule has 1 aliphatic rings. The Balaban J connectivity index is 2.16. The Labute approximate surface area is 166 Å². The van der Waals surface area contributed by atoms with Crippen LogP contribution in [0.5, 0.6) is 5.75 Å². The Kier molecular flexibility index (Phi) is 6.94. The van der Waals surface area contributed by atoms with E-state index in [4.69, 9.17) is 14.2 Å². The van der Waals surface area contributed by atoms with Gasteiger partial charge in [-0.15, -0.1) is 0 Å². The molecule has 1 heterocycles. The molecule has 1 atom stereocenters. The molecule has 28 heavy (non-hydrogen) atoms. The number of hydrogen-bond donors (Lipinski definition) is 1. The van der Waals surface area contributed by atoms with Crippen molar-refractivity contribution in [3.05, 3.63) is 35.5 Å². The fraction of sp³-hybridized carbons (Fsp3) is 0.524. The highest BCUT2D eigenvalue weighted by Crippen LogP contribution is 2.32. The quantitative estimate of drug-likeness (QED) is 0.750. The van der Waals surface area contributed by atoms with Crippen LogP contribution in [0, 0.1) is 0 Å². The van der Waals surface area contributed by atoms with Crippen LogP contribution < -0.4 is 15.0 Å². The fourth-order valence-corrected chi connectivity index (χ4v) is 3.08. The van der Waals surface area contributed by atoms with E-state index in [0.717, 1.165) is 22.6 Å². The summed E-state index contributed by atoms with van der Waals surface area (Å²) in [5.74, 6) is 0.301. The molecule has 7 heteroatoms. The highest BCUT2D eigenvalue weighted by molar-refractivity contribution is 5.82. The lowest BCUT2D eigenvalue weighted by Gasteiger charge is -2.28. The zero-order valence-electron chi connectivity index (χ0n) is 17.5. The van der Waals surface area contributed by atoms with Crippen LogP contribution in [0.25, 0.3) is 0 Å². The van der Waals surface area contributed by atoms with Gasteiger partial charge in [-0.3, -0.25) is 0 Å². The van der Waals surface area contributed by atoms with Gasteiger partial charge in [0.25, 0.3) is 0 Å². The molecule has 0 spiro atoms. The number of nitrogens with zero attached hydrogens (tertiary/aromatic N) is 1. The third-order valence-corrected chi connectivity index (χ3v) is 4.19. The first-order valence-corrected chi connectivity index (χ1v) is 9.38. The molecule has 0 aromatic heterocycles. The van der Waals surface area contributed by atoms with Crippen LogP contribution >= 0.6 is 0 Å². The minimum absolute atomic E-state index is 0.240. The molecular formula is C21H30N2O5. The van der Waals surface area contributed by atoms with Gasteiger partial charge >= 0.3 is 12.1 Å². The summed E-state index contributed by atoms with van der Waals surface area (Å²) in [5.41, 5.74) is 2.53. The van der Waals surface area contributed by atoms with Crippen LogP contribution in [-0.4, -0.2) is 44.5 Å². The lowest BCUT2D eigenvalue weighted by Crippen LogP contribution is -2.44. The normalized spacial score (nSPS) is 14.5. The maximum absolute atomic E-state index is 12.4. The molecule has 0 bridgehead atoms. The minimum atomic E-state index is -0.818. The van der Waals surface area contributed by atoms with Crippen LogP contribution in [0.4, 0.5) is 10.5 Å². The molecule has 0 unspecified atom stereocenters. The summed E-state index contributed by atoms with van der Waals surface area (Å²) >= 11 is 0. The Morgan fingerprint density at radius 3 is 2.61 bits per heavy atom. The number of amides is 1. The molecule has 0 saturated heterocycles. The SMILES string of the molecule is CCOC(=O)[C@H](CC1=CN(C)c2ccc(OC)cc2C1)NC(=O)OC(C)(C)C. The largest absolute Gasteiger partial charge is 0.497 e. The van der Waals surface area contributed by atoms with Crippen molar-refractivity contribution < 1.29 is 23.8 Å². The van der Waals surface area contributed by atoms with Gasteiger partial charge in [-0.05, 0) is 63.5 Å².